The normalized spacial score (nSPS) is 16.2. The Labute approximate surface area is 75.9 Å². The van der Waals surface area contributed by atoms with Crippen molar-refractivity contribution in [1.29, 1.82) is 0 Å². The summed E-state index contributed by atoms with van der Waals surface area (Å²) < 4.78 is 0. The molecule has 0 aliphatic rings. The molecule has 0 fully saturated rings. The average Bonchev–Trinajstić information content (AvgIpc) is 2.01. The predicted molar refractivity (Wildman–Crippen MR) is 56.5 cm³/mol. The number of nitrogens with zero attached hydrogens (tertiary/aromatic N) is 1. The van der Waals surface area contributed by atoms with Gasteiger partial charge < -0.3 is 0 Å². The molecule has 1 nitrogen and oxygen atoms in total. The lowest BCUT2D eigenvalue weighted by molar-refractivity contribution is 0.919. The van der Waals surface area contributed by atoms with E-state index in [1.165, 1.54) is 0 Å². The van der Waals surface area contributed by atoms with Crippen molar-refractivity contribution in [1.82, 2.24) is 0 Å². The lowest BCUT2D eigenvalue weighted by Crippen LogP contribution is -1.84. The van der Waals surface area contributed by atoms with Crippen LogP contribution in [-0.4, -0.2) is 6.21 Å². The van der Waals surface area contributed by atoms with Crippen molar-refractivity contribution in [3.8, 4) is 0 Å². The van der Waals surface area contributed by atoms with Crippen LogP contribution in [0.15, 0.2) is 28.9 Å². The number of aliphatic imine (C=N–C) groups is 1. The molecule has 0 spiro atoms. The van der Waals surface area contributed by atoms with E-state index in [0.717, 1.165) is 12.1 Å². The van der Waals surface area contributed by atoms with Crippen molar-refractivity contribution in [2.75, 3.05) is 0 Å². The van der Waals surface area contributed by atoms with Crippen LogP contribution in [0.3, 0.4) is 0 Å². The summed E-state index contributed by atoms with van der Waals surface area (Å²) in [6, 6.07) is 0. The summed E-state index contributed by atoms with van der Waals surface area (Å²) in [6.45, 7) is 8.32. The minimum atomic E-state index is 0.490. The van der Waals surface area contributed by atoms with E-state index in [2.05, 4.69) is 37.1 Å². The molecule has 1 heteroatoms. The van der Waals surface area contributed by atoms with Gasteiger partial charge in [-0.3, -0.25) is 4.99 Å². The molecule has 0 rings (SSSR count). The molecule has 0 aromatic heterocycles. The molecular weight excluding hydrogens is 146 g/mol. The highest BCUT2D eigenvalue weighted by Crippen LogP contribution is 2.04. The maximum atomic E-state index is 4.27. The average molecular weight is 165 g/mol. The van der Waals surface area contributed by atoms with Gasteiger partial charge in [-0.15, -0.1) is 0 Å². The van der Waals surface area contributed by atoms with E-state index in [1.54, 1.807) is 0 Å². The number of hydrogen-bond acceptors (Lipinski definition) is 1. The van der Waals surface area contributed by atoms with E-state index in [4.69, 9.17) is 0 Å². The number of rotatable bonds is 4. The third-order valence-corrected chi connectivity index (χ3v) is 1.48. The molecule has 0 bridgehead atoms. The molecular formula is C11H19N. The molecule has 0 aromatic carbocycles. The van der Waals surface area contributed by atoms with Crippen LogP contribution in [0.1, 0.15) is 34.1 Å². The molecule has 0 radical (unpaired) electrons. The van der Waals surface area contributed by atoms with Crippen LogP contribution in [0, 0.1) is 5.92 Å². The first kappa shape index (κ1) is 11.2. The van der Waals surface area contributed by atoms with Gasteiger partial charge in [-0.05, 0) is 26.2 Å². The highest BCUT2D eigenvalue weighted by atomic mass is 14.7. The van der Waals surface area contributed by atoms with Gasteiger partial charge in [0.25, 0.3) is 0 Å². The summed E-state index contributed by atoms with van der Waals surface area (Å²) in [7, 11) is 0. The lowest BCUT2D eigenvalue weighted by atomic mass is 10.1. The Balaban J connectivity index is 4.05. The van der Waals surface area contributed by atoms with Gasteiger partial charge in [-0.2, -0.15) is 0 Å². The van der Waals surface area contributed by atoms with Gasteiger partial charge in [0.15, 0.2) is 0 Å². The largest absolute Gasteiger partial charge is 0.266 e. The van der Waals surface area contributed by atoms with Gasteiger partial charge >= 0.3 is 0 Å². The van der Waals surface area contributed by atoms with Gasteiger partial charge in [0.2, 0.25) is 0 Å². The Morgan fingerprint density at radius 3 is 2.67 bits per heavy atom. The van der Waals surface area contributed by atoms with Crippen molar-refractivity contribution in [2.24, 2.45) is 10.9 Å². The quantitative estimate of drug-likeness (QED) is 0.446. The maximum absolute atomic E-state index is 4.27. The Bertz CT molecular complexity index is 187. The van der Waals surface area contributed by atoms with Crippen molar-refractivity contribution >= 4 is 6.21 Å². The van der Waals surface area contributed by atoms with Crippen molar-refractivity contribution < 1.29 is 0 Å². The van der Waals surface area contributed by atoms with E-state index in [9.17, 15) is 0 Å². The predicted octanol–water partition coefficient (Wildman–Crippen LogP) is 3.58. The third-order valence-electron chi connectivity index (χ3n) is 1.48. The molecule has 0 heterocycles. The third kappa shape index (κ3) is 5.90. The Morgan fingerprint density at radius 1 is 1.50 bits per heavy atom. The first-order valence-corrected chi connectivity index (χ1v) is 4.54. The van der Waals surface area contributed by atoms with Crippen LogP contribution in [0.25, 0.3) is 0 Å². The maximum Gasteiger partial charge on any atom is 0.0334 e. The molecule has 0 amide bonds. The second-order valence-electron chi connectivity index (χ2n) is 2.91. The van der Waals surface area contributed by atoms with Gasteiger partial charge in [-0.1, -0.05) is 32.1 Å². The number of allylic oxidation sites excluding steroid dienone is 4. The summed E-state index contributed by atoms with van der Waals surface area (Å²) in [5, 5.41) is 0. The summed E-state index contributed by atoms with van der Waals surface area (Å²) in [6.07, 6.45) is 9.33. The molecule has 0 aromatic rings. The standard InChI is InChI=1S/C11H19N/c1-5-7-10(3)9-11(4)12-8-6-2/h5,7-10H,6H2,1-4H3/b7-5+,11-9-,12-8?. The highest BCUT2D eigenvalue weighted by Gasteiger charge is 1.90. The zero-order valence-corrected chi connectivity index (χ0v) is 8.54. The summed E-state index contributed by atoms with van der Waals surface area (Å²) in [4.78, 5) is 4.27. The van der Waals surface area contributed by atoms with E-state index >= 15 is 0 Å². The van der Waals surface area contributed by atoms with E-state index in [1.807, 2.05) is 20.1 Å². The molecule has 0 aliphatic heterocycles. The van der Waals surface area contributed by atoms with Crippen molar-refractivity contribution in [2.45, 2.75) is 34.1 Å². The van der Waals surface area contributed by atoms with Crippen LogP contribution >= 0.6 is 0 Å². The van der Waals surface area contributed by atoms with Crippen LogP contribution in [-0.2, 0) is 0 Å². The Hall–Kier alpha value is -0.850. The second-order valence-corrected chi connectivity index (χ2v) is 2.91. The lowest BCUT2D eigenvalue weighted by Gasteiger charge is -1.98. The molecule has 0 saturated heterocycles. The summed E-state index contributed by atoms with van der Waals surface area (Å²) >= 11 is 0. The van der Waals surface area contributed by atoms with E-state index in [-0.39, 0.29) is 0 Å². The molecule has 0 aliphatic carbocycles. The van der Waals surface area contributed by atoms with Crippen molar-refractivity contribution in [3.05, 3.63) is 23.9 Å². The fourth-order valence-corrected chi connectivity index (χ4v) is 1.02. The van der Waals surface area contributed by atoms with Crippen LogP contribution in [0.2, 0.25) is 0 Å². The first-order valence-electron chi connectivity index (χ1n) is 4.54. The summed E-state index contributed by atoms with van der Waals surface area (Å²) in [5.41, 5.74) is 1.10. The van der Waals surface area contributed by atoms with Gasteiger partial charge in [-0.25, -0.2) is 0 Å². The van der Waals surface area contributed by atoms with E-state index in [0.29, 0.717) is 5.92 Å². The van der Waals surface area contributed by atoms with E-state index < -0.39 is 0 Å². The fraction of sp³-hybridized carbons (Fsp3) is 0.545. The summed E-state index contributed by atoms with van der Waals surface area (Å²) in [5.74, 6) is 0.490. The topological polar surface area (TPSA) is 12.4 Å². The van der Waals surface area contributed by atoms with Crippen LogP contribution in [0.5, 0.6) is 0 Å². The first-order chi connectivity index (χ1) is 5.70. The molecule has 1 atom stereocenters. The zero-order chi connectivity index (χ0) is 9.40. The van der Waals surface area contributed by atoms with Crippen LogP contribution < -0.4 is 0 Å². The minimum absolute atomic E-state index is 0.490. The van der Waals surface area contributed by atoms with Gasteiger partial charge in [0.1, 0.15) is 0 Å². The highest BCUT2D eigenvalue weighted by molar-refractivity contribution is 5.58. The zero-order valence-electron chi connectivity index (χ0n) is 8.54. The molecule has 0 N–H and O–H groups in total. The fourth-order valence-electron chi connectivity index (χ4n) is 1.02. The second kappa shape index (κ2) is 6.84. The molecule has 0 saturated carbocycles. The van der Waals surface area contributed by atoms with Crippen LogP contribution in [0.4, 0.5) is 0 Å². The SMILES string of the molecule is C/C=C/C(C)/C=C(/C)N=CCC. The smallest absolute Gasteiger partial charge is 0.0334 e. The monoisotopic (exact) mass is 165 g/mol. The molecule has 68 valence electrons. The Morgan fingerprint density at radius 2 is 2.17 bits per heavy atom. The van der Waals surface area contributed by atoms with Gasteiger partial charge in [0, 0.05) is 11.9 Å². The van der Waals surface area contributed by atoms with Gasteiger partial charge in [0.05, 0.1) is 0 Å². The number of hydrogen-bond donors (Lipinski definition) is 0. The van der Waals surface area contributed by atoms with Crippen molar-refractivity contribution in [3.63, 3.8) is 0 Å². The minimum Gasteiger partial charge on any atom is -0.266 e. The Kier molecular flexibility index (Phi) is 6.35. The molecule has 12 heavy (non-hydrogen) atoms. The molecule has 1 unspecified atom stereocenters.